The lowest BCUT2D eigenvalue weighted by Gasteiger charge is -2.12. The molecular formula is C18H15FN2O3. The van der Waals surface area contributed by atoms with Gasteiger partial charge in [0.1, 0.15) is 5.82 Å². The van der Waals surface area contributed by atoms with Crippen LogP contribution in [0.5, 0.6) is 0 Å². The fraction of sp³-hybridized carbons (Fsp3) is 0.167. The van der Waals surface area contributed by atoms with E-state index in [0.29, 0.717) is 35.2 Å². The number of fused-ring (bicyclic) bond motifs is 1. The van der Waals surface area contributed by atoms with Gasteiger partial charge in [0, 0.05) is 30.2 Å². The van der Waals surface area contributed by atoms with Gasteiger partial charge < -0.3 is 10.6 Å². The number of ketones is 1. The topological polar surface area (TPSA) is 75.3 Å². The summed E-state index contributed by atoms with van der Waals surface area (Å²) in [6.07, 6.45) is 0.778. The zero-order valence-electron chi connectivity index (χ0n) is 13.0. The van der Waals surface area contributed by atoms with Crippen LogP contribution in [0.4, 0.5) is 10.1 Å². The number of nitrogens with one attached hydrogen (secondary N) is 2. The smallest absolute Gasteiger partial charge is 0.255 e. The zero-order chi connectivity index (χ0) is 17.3. The average molecular weight is 326 g/mol. The highest BCUT2D eigenvalue weighted by molar-refractivity contribution is 6.13. The number of benzene rings is 2. The molecule has 2 N–H and O–H groups in total. The second-order valence-electron chi connectivity index (χ2n) is 5.48. The van der Waals surface area contributed by atoms with E-state index >= 15 is 0 Å². The first-order chi connectivity index (χ1) is 11.5. The van der Waals surface area contributed by atoms with E-state index in [-0.39, 0.29) is 17.3 Å². The number of amides is 2. The summed E-state index contributed by atoms with van der Waals surface area (Å²) in [5, 5.41) is 5.22. The highest BCUT2D eigenvalue weighted by Crippen LogP contribution is 2.32. The van der Waals surface area contributed by atoms with Crippen LogP contribution in [0, 0.1) is 5.82 Å². The molecule has 2 aromatic carbocycles. The van der Waals surface area contributed by atoms with Gasteiger partial charge in [0.2, 0.25) is 0 Å². The average Bonchev–Trinajstić information content (AvgIpc) is 2.97. The van der Waals surface area contributed by atoms with Gasteiger partial charge in [-0.1, -0.05) is 0 Å². The third kappa shape index (κ3) is 2.78. The Morgan fingerprint density at radius 2 is 1.71 bits per heavy atom. The lowest BCUT2D eigenvalue weighted by atomic mass is 10.00. The molecule has 0 radical (unpaired) electrons. The molecule has 2 amide bonds. The van der Waals surface area contributed by atoms with Crippen molar-refractivity contribution >= 4 is 23.3 Å². The Kier molecular flexibility index (Phi) is 4.12. The quantitative estimate of drug-likeness (QED) is 0.910. The zero-order valence-corrected chi connectivity index (χ0v) is 13.0. The summed E-state index contributed by atoms with van der Waals surface area (Å²) >= 11 is 0. The second kappa shape index (κ2) is 6.23. The first-order valence-electron chi connectivity index (χ1n) is 7.49. The molecule has 0 saturated carbocycles. The Balaban J connectivity index is 1.96. The Bertz CT molecular complexity index is 844. The van der Waals surface area contributed by atoms with Crippen molar-refractivity contribution in [2.24, 2.45) is 0 Å². The van der Waals surface area contributed by atoms with Crippen LogP contribution in [0.25, 0.3) is 0 Å². The number of hydrogen-bond acceptors (Lipinski definition) is 3. The van der Waals surface area contributed by atoms with Crippen molar-refractivity contribution in [1.29, 1.82) is 0 Å². The summed E-state index contributed by atoms with van der Waals surface area (Å²) in [5.74, 6) is -1.25. The number of rotatable bonds is 3. The van der Waals surface area contributed by atoms with Crippen LogP contribution in [0.1, 0.15) is 43.1 Å². The summed E-state index contributed by atoms with van der Waals surface area (Å²) in [6.45, 7) is 0. The summed E-state index contributed by atoms with van der Waals surface area (Å²) in [4.78, 5) is 36.4. The molecule has 0 spiro atoms. The predicted octanol–water partition coefficient (Wildman–Crippen LogP) is 2.57. The van der Waals surface area contributed by atoms with E-state index in [4.69, 9.17) is 0 Å². The first kappa shape index (κ1) is 15.9. The van der Waals surface area contributed by atoms with Crippen LogP contribution in [0.3, 0.4) is 0 Å². The lowest BCUT2D eigenvalue weighted by molar-refractivity contribution is 0.0960. The van der Waals surface area contributed by atoms with Gasteiger partial charge in [-0.2, -0.15) is 0 Å². The summed E-state index contributed by atoms with van der Waals surface area (Å²) in [6, 6.07) is 8.26. The van der Waals surface area contributed by atoms with Crippen molar-refractivity contribution in [2.75, 3.05) is 12.4 Å². The van der Waals surface area contributed by atoms with Crippen molar-refractivity contribution in [3.8, 4) is 0 Å². The van der Waals surface area contributed by atoms with Crippen LogP contribution >= 0.6 is 0 Å². The van der Waals surface area contributed by atoms with E-state index in [9.17, 15) is 18.8 Å². The number of Topliss-reactive ketones (excluding diaryl/α,β-unsaturated/α-hetero) is 1. The molecule has 1 aliphatic rings. The molecule has 0 bridgehead atoms. The first-order valence-corrected chi connectivity index (χ1v) is 7.49. The Hall–Kier alpha value is -3.02. The molecule has 0 heterocycles. The molecule has 0 unspecified atom stereocenters. The molecule has 5 nitrogen and oxygen atoms in total. The maximum absolute atomic E-state index is 12.9. The van der Waals surface area contributed by atoms with E-state index < -0.39 is 11.7 Å². The third-order valence-electron chi connectivity index (χ3n) is 4.02. The van der Waals surface area contributed by atoms with Gasteiger partial charge in [0.15, 0.2) is 5.78 Å². The van der Waals surface area contributed by atoms with E-state index in [1.807, 2.05) is 0 Å². The number of carbonyl (C=O) groups is 3. The van der Waals surface area contributed by atoms with E-state index in [1.54, 1.807) is 12.1 Å². The van der Waals surface area contributed by atoms with Crippen LogP contribution < -0.4 is 10.6 Å². The lowest BCUT2D eigenvalue weighted by Crippen LogP contribution is -2.20. The number of hydrogen-bond donors (Lipinski definition) is 2. The minimum atomic E-state index is -0.440. The molecular weight excluding hydrogens is 311 g/mol. The maximum Gasteiger partial charge on any atom is 0.255 e. The fourth-order valence-electron chi connectivity index (χ4n) is 2.84. The van der Waals surface area contributed by atoms with Gasteiger partial charge in [0.05, 0.1) is 5.69 Å². The Labute approximate surface area is 137 Å². The third-order valence-corrected chi connectivity index (χ3v) is 4.02. The number of halogens is 1. The number of carbonyl (C=O) groups excluding carboxylic acids is 3. The van der Waals surface area contributed by atoms with Crippen molar-refractivity contribution in [2.45, 2.75) is 12.8 Å². The van der Waals surface area contributed by atoms with Gasteiger partial charge in [-0.05, 0) is 48.4 Å². The molecule has 0 fully saturated rings. The monoisotopic (exact) mass is 326 g/mol. The van der Waals surface area contributed by atoms with Crippen LogP contribution in [-0.2, 0) is 6.42 Å². The normalized spacial score (nSPS) is 12.7. The van der Waals surface area contributed by atoms with Gasteiger partial charge >= 0.3 is 0 Å². The minimum Gasteiger partial charge on any atom is -0.355 e. The van der Waals surface area contributed by atoms with Crippen LogP contribution in [-0.4, -0.2) is 24.6 Å². The highest BCUT2D eigenvalue weighted by atomic mass is 19.1. The standard InChI is InChI=1S/C18H15FN2O3/c1-20-18(24)13-6-8-14(16-12(13)7-9-15(16)22)21-17(23)10-2-4-11(19)5-3-10/h2-6,8H,7,9H2,1H3,(H,20,24)(H,21,23). The second-order valence-corrected chi connectivity index (χ2v) is 5.48. The van der Waals surface area contributed by atoms with E-state index in [0.717, 1.165) is 0 Å². The molecule has 2 aromatic rings. The maximum atomic E-state index is 12.9. The molecule has 3 rings (SSSR count). The molecule has 0 saturated heterocycles. The summed E-state index contributed by atoms with van der Waals surface area (Å²) in [7, 11) is 1.52. The summed E-state index contributed by atoms with van der Waals surface area (Å²) in [5.41, 5.74) is 2.13. The van der Waals surface area contributed by atoms with Crippen LogP contribution in [0.2, 0.25) is 0 Å². The molecule has 0 aliphatic heterocycles. The molecule has 6 heteroatoms. The molecule has 122 valence electrons. The molecule has 24 heavy (non-hydrogen) atoms. The Morgan fingerprint density at radius 1 is 1.00 bits per heavy atom. The molecule has 0 aromatic heterocycles. The SMILES string of the molecule is CNC(=O)c1ccc(NC(=O)c2ccc(F)cc2)c2c1CCC2=O. The van der Waals surface area contributed by atoms with E-state index in [1.165, 1.54) is 31.3 Å². The van der Waals surface area contributed by atoms with Gasteiger partial charge in [-0.15, -0.1) is 0 Å². The van der Waals surface area contributed by atoms with Gasteiger partial charge in [-0.25, -0.2) is 4.39 Å². The molecule has 0 atom stereocenters. The van der Waals surface area contributed by atoms with E-state index in [2.05, 4.69) is 10.6 Å². The number of anilines is 1. The minimum absolute atomic E-state index is 0.106. The van der Waals surface area contributed by atoms with Gasteiger partial charge in [-0.3, -0.25) is 14.4 Å². The predicted molar refractivity (Wildman–Crippen MR) is 86.8 cm³/mol. The Morgan fingerprint density at radius 3 is 2.38 bits per heavy atom. The largest absolute Gasteiger partial charge is 0.355 e. The molecule has 1 aliphatic carbocycles. The summed E-state index contributed by atoms with van der Waals surface area (Å²) < 4.78 is 12.9. The van der Waals surface area contributed by atoms with Crippen molar-refractivity contribution in [3.63, 3.8) is 0 Å². The van der Waals surface area contributed by atoms with Crippen molar-refractivity contribution < 1.29 is 18.8 Å². The van der Waals surface area contributed by atoms with Crippen LogP contribution in [0.15, 0.2) is 36.4 Å². The van der Waals surface area contributed by atoms with Crippen molar-refractivity contribution in [3.05, 3.63) is 64.5 Å². The van der Waals surface area contributed by atoms with Gasteiger partial charge in [0.25, 0.3) is 11.8 Å². The fourth-order valence-corrected chi connectivity index (χ4v) is 2.84. The highest BCUT2D eigenvalue weighted by Gasteiger charge is 2.28. The van der Waals surface area contributed by atoms with Crippen molar-refractivity contribution in [1.82, 2.24) is 5.32 Å².